The third-order valence-corrected chi connectivity index (χ3v) is 4.11. The van der Waals surface area contributed by atoms with Gasteiger partial charge in [-0.25, -0.2) is 19.8 Å². The van der Waals surface area contributed by atoms with Crippen molar-refractivity contribution in [2.24, 2.45) is 5.10 Å². The molecule has 0 saturated carbocycles. The molecule has 0 aliphatic carbocycles. The fourth-order valence-electron chi connectivity index (χ4n) is 2.73. The Morgan fingerprint density at radius 2 is 1.29 bits per heavy atom. The SMILES string of the molecule is Fc1ccc(-c2cc(-c3ccccc3)nc(N/N=C/c3ccccc3)n2)cc1. The van der Waals surface area contributed by atoms with Crippen LogP contribution < -0.4 is 5.43 Å². The van der Waals surface area contributed by atoms with E-state index < -0.39 is 0 Å². The number of benzene rings is 3. The van der Waals surface area contributed by atoms with E-state index in [4.69, 9.17) is 0 Å². The lowest BCUT2D eigenvalue weighted by molar-refractivity contribution is 0.628. The van der Waals surface area contributed by atoms with Crippen molar-refractivity contribution in [2.75, 3.05) is 5.43 Å². The minimum absolute atomic E-state index is 0.285. The molecular weight excluding hydrogens is 351 g/mol. The average Bonchev–Trinajstić information content (AvgIpc) is 2.75. The third kappa shape index (κ3) is 4.27. The zero-order valence-corrected chi connectivity index (χ0v) is 15.0. The normalized spacial score (nSPS) is 10.9. The summed E-state index contributed by atoms with van der Waals surface area (Å²) in [5.41, 5.74) is 7.07. The molecule has 0 saturated heterocycles. The lowest BCUT2D eigenvalue weighted by Crippen LogP contribution is -2.00. The molecule has 1 N–H and O–H groups in total. The average molecular weight is 368 g/mol. The van der Waals surface area contributed by atoms with E-state index in [0.29, 0.717) is 11.6 Å². The molecule has 28 heavy (non-hydrogen) atoms. The van der Waals surface area contributed by atoms with Gasteiger partial charge >= 0.3 is 0 Å². The molecule has 0 aliphatic heterocycles. The molecule has 0 radical (unpaired) electrons. The summed E-state index contributed by atoms with van der Waals surface area (Å²) in [6.45, 7) is 0. The predicted octanol–water partition coefficient (Wildman–Crippen LogP) is 5.40. The highest BCUT2D eigenvalue weighted by Gasteiger charge is 2.08. The van der Waals surface area contributed by atoms with Crippen LogP contribution in [-0.2, 0) is 0 Å². The zero-order chi connectivity index (χ0) is 19.2. The van der Waals surface area contributed by atoms with Crippen LogP contribution in [0.5, 0.6) is 0 Å². The van der Waals surface area contributed by atoms with Crippen LogP contribution in [0.1, 0.15) is 5.56 Å². The molecule has 3 aromatic carbocycles. The van der Waals surface area contributed by atoms with E-state index in [0.717, 1.165) is 22.4 Å². The number of halogens is 1. The van der Waals surface area contributed by atoms with Gasteiger partial charge in [0.2, 0.25) is 5.95 Å². The van der Waals surface area contributed by atoms with Crippen molar-refractivity contribution < 1.29 is 4.39 Å². The maximum absolute atomic E-state index is 13.3. The summed E-state index contributed by atoms with van der Waals surface area (Å²) in [5, 5.41) is 4.24. The van der Waals surface area contributed by atoms with Crippen LogP contribution in [0.4, 0.5) is 10.3 Å². The maximum atomic E-state index is 13.3. The number of hydrogen-bond donors (Lipinski definition) is 1. The molecule has 0 fully saturated rings. The first kappa shape index (κ1) is 17.5. The van der Waals surface area contributed by atoms with Crippen molar-refractivity contribution >= 4 is 12.2 Å². The Hall–Kier alpha value is -3.86. The summed E-state index contributed by atoms with van der Waals surface area (Å²) in [6.07, 6.45) is 1.70. The molecule has 5 heteroatoms. The second-order valence-electron chi connectivity index (χ2n) is 6.12. The highest BCUT2D eigenvalue weighted by atomic mass is 19.1. The van der Waals surface area contributed by atoms with Gasteiger partial charge in [0, 0.05) is 11.1 Å². The van der Waals surface area contributed by atoms with Gasteiger partial charge in [0.15, 0.2) is 0 Å². The smallest absolute Gasteiger partial charge is 0.244 e. The van der Waals surface area contributed by atoms with Crippen molar-refractivity contribution in [3.63, 3.8) is 0 Å². The number of hydrogen-bond acceptors (Lipinski definition) is 4. The summed E-state index contributed by atoms with van der Waals surface area (Å²) in [7, 11) is 0. The topological polar surface area (TPSA) is 50.2 Å². The van der Waals surface area contributed by atoms with E-state index in [9.17, 15) is 4.39 Å². The molecule has 1 heterocycles. The molecule has 0 atom stereocenters. The van der Waals surface area contributed by atoms with Crippen LogP contribution in [0.15, 0.2) is 96.1 Å². The second-order valence-corrected chi connectivity index (χ2v) is 6.12. The Morgan fingerprint density at radius 3 is 1.93 bits per heavy atom. The summed E-state index contributed by atoms with van der Waals surface area (Å²) in [5.74, 6) is 0.0831. The summed E-state index contributed by atoms with van der Waals surface area (Å²) in [6, 6.07) is 27.7. The van der Waals surface area contributed by atoms with Crippen LogP contribution >= 0.6 is 0 Å². The first-order valence-corrected chi connectivity index (χ1v) is 8.82. The van der Waals surface area contributed by atoms with Gasteiger partial charge in [-0.1, -0.05) is 60.7 Å². The van der Waals surface area contributed by atoms with Crippen LogP contribution in [0.25, 0.3) is 22.5 Å². The Kier molecular flexibility index (Phi) is 5.15. The van der Waals surface area contributed by atoms with E-state index in [2.05, 4.69) is 20.5 Å². The van der Waals surface area contributed by atoms with Gasteiger partial charge in [-0.05, 0) is 35.9 Å². The minimum Gasteiger partial charge on any atom is -0.245 e. The van der Waals surface area contributed by atoms with Crippen molar-refractivity contribution in [2.45, 2.75) is 0 Å². The van der Waals surface area contributed by atoms with Crippen molar-refractivity contribution in [3.8, 4) is 22.5 Å². The largest absolute Gasteiger partial charge is 0.245 e. The zero-order valence-electron chi connectivity index (χ0n) is 15.0. The molecule has 0 unspecified atom stereocenters. The van der Waals surface area contributed by atoms with E-state index in [1.807, 2.05) is 66.7 Å². The highest BCUT2D eigenvalue weighted by Crippen LogP contribution is 2.25. The van der Waals surface area contributed by atoms with Gasteiger partial charge in [-0.2, -0.15) is 5.10 Å². The number of nitrogens with one attached hydrogen (secondary N) is 1. The molecule has 4 rings (SSSR count). The molecule has 136 valence electrons. The predicted molar refractivity (Wildman–Crippen MR) is 111 cm³/mol. The third-order valence-electron chi connectivity index (χ3n) is 4.11. The standard InChI is InChI=1S/C23H17FN4/c24-20-13-11-19(12-14-20)22-15-21(18-9-5-2-6-10-18)26-23(27-22)28-25-16-17-7-3-1-4-8-17/h1-16H,(H,26,27,28)/b25-16+. The summed E-state index contributed by atoms with van der Waals surface area (Å²) >= 11 is 0. The Morgan fingerprint density at radius 1 is 0.714 bits per heavy atom. The van der Waals surface area contributed by atoms with Crippen LogP contribution in [0.3, 0.4) is 0 Å². The van der Waals surface area contributed by atoms with Gasteiger partial charge < -0.3 is 0 Å². The van der Waals surface area contributed by atoms with E-state index in [1.165, 1.54) is 12.1 Å². The fourth-order valence-corrected chi connectivity index (χ4v) is 2.73. The van der Waals surface area contributed by atoms with Crippen molar-refractivity contribution in [3.05, 3.63) is 102 Å². The molecule has 1 aromatic heterocycles. The molecular formula is C23H17FN4. The number of nitrogens with zero attached hydrogens (tertiary/aromatic N) is 3. The van der Waals surface area contributed by atoms with Gasteiger partial charge in [0.25, 0.3) is 0 Å². The van der Waals surface area contributed by atoms with Gasteiger partial charge in [-0.3, -0.25) is 0 Å². The number of hydrazone groups is 1. The van der Waals surface area contributed by atoms with E-state index >= 15 is 0 Å². The van der Waals surface area contributed by atoms with Crippen molar-refractivity contribution in [1.82, 2.24) is 9.97 Å². The summed E-state index contributed by atoms with van der Waals surface area (Å²) < 4.78 is 13.3. The Balaban J connectivity index is 1.69. The number of anilines is 1. The lowest BCUT2D eigenvalue weighted by atomic mass is 10.1. The van der Waals surface area contributed by atoms with Gasteiger partial charge in [-0.15, -0.1) is 0 Å². The van der Waals surface area contributed by atoms with Crippen LogP contribution in [0, 0.1) is 5.82 Å². The quantitative estimate of drug-likeness (QED) is 0.379. The monoisotopic (exact) mass is 368 g/mol. The van der Waals surface area contributed by atoms with Gasteiger partial charge in [0.05, 0.1) is 17.6 Å². The molecule has 4 nitrogen and oxygen atoms in total. The van der Waals surface area contributed by atoms with Crippen molar-refractivity contribution in [1.29, 1.82) is 0 Å². The maximum Gasteiger partial charge on any atom is 0.244 e. The molecule has 4 aromatic rings. The number of aromatic nitrogens is 2. The fraction of sp³-hybridized carbons (Fsp3) is 0. The minimum atomic E-state index is -0.285. The van der Waals surface area contributed by atoms with E-state index in [1.54, 1.807) is 18.3 Å². The molecule has 0 spiro atoms. The molecule has 0 amide bonds. The first-order chi connectivity index (χ1) is 13.8. The lowest BCUT2D eigenvalue weighted by Gasteiger charge is -2.08. The van der Waals surface area contributed by atoms with Crippen LogP contribution in [-0.4, -0.2) is 16.2 Å². The second kappa shape index (κ2) is 8.22. The van der Waals surface area contributed by atoms with Gasteiger partial charge in [0.1, 0.15) is 5.82 Å². The molecule has 0 bridgehead atoms. The Labute approximate surface area is 162 Å². The Bertz CT molecular complexity index is 1080. The summed E-state index contributed by atoms with van der Waals surface area (Å²) in [4.78, 5) is 9.10. The van der Waals surface area contributed by atoms with Crippen LogP contribution in [0.2, 0.25) is 0 Å². The van der Waals surface area contributed by atoms with E-state index in [-0.39, 0.29) is 5.82 Å². The highest BCUT2D eigenvalue weighted by molar-refractivity contribution is 5.80. The molecule has 0 aliphatic rings. The number of rotatable bonds is 5. The first-order valence-electron chi connectivity index (χ1n) is 8.82.